The van der Waals surface area contributed by atoms with Gasteiger partial charge in [-0.15, -0.1) is 0 Å². The Balaban J connectivity index is 2.73. The second-order valence-electron chi connectivity index (χ2n) is 2.74. The molecule has 0 saturated heterocycles. The van der Waals surface area contributed by atoms with Crippen LogP contribution in [0.2, 0.25) is 0 Å². The second-order valence-corrected chi connectivity index (χ2v) is 2.74. The number of hydrogen-bond acceptors (Lipinski definition) is 2. The molecule has 0 bridgehead atoms. The molecule has 0 fully saturated rings. The molecule has 0 unspecified atom stereocenters. The van der Waals surface area contributed by atoms with E-state index in [1.165, 1.54) is 0 Å². The van der Waals surface area contributed by atoms with Gasteiger partial charge in [0.2, 0.25) is 0 Å². The van der Waals surface area contributed by atoms with Crippen LogP contribution < -0.4 is 11.5 Å². The van der Waals surface area contributed by atoms with Crippen molar-refractivity contribution < 1.29 is 0 Å². The van der Waals surface area contributed by atoms with Crippen molar-refractivity contribution >= 4 is 0 Å². The Morgan fingerprint density at radius 1 is 1.23 bits per heavy atom. The molecule has 2 heteroatoms. The zero-order valence-electron chi connectivity index (χ0n) is 7.59. The third kappa shape index (κ3) is 3.29. The van der Waals surface area contributed by atoms with E-state index < -0.39 is 0 Å². The summed E-state index contributed by atoms with van der Waals surface area (Å²) < 4.78 is 0. The smallest absolute Gasteiger partial charge is 0.0248 e. The summed E-state index contributed by atoms with van der Waals surface area (Å²) in [4.78, 5) is 0. The molecule has 1 aromatic rings. The van der Waals surface area contributed by atoms with Gasteiger partial charge in [-0.05, 0) is 17.7 Å². The van der Waals surface area contributed by atoms with Gasteiger partial charge in [0.25, 0.3) is 0 Å². The Kier molecular flexibility index (Phi) is 4.04. The molecule has 13 heavy (non-hydrogen) atoms. The van der Waals surface area contributed by atoms with Crippen LogP contribution in [-0.2, 0) is 6.54 Å². The molecule has 1 rings (SSSR count). The minimum atomic E-state index is 0.562. The molecule has 0 aliphatic carbocycles. The third-order valence-corrected chi connectivity index (χ3v) is 1.66. The average Bonchev–Trinajstić information content (AvgIpc) is 2.19. The van der Waals surface area contributed by atoms with Crippen LogP contribution in [0.15, 0.2) is 24.3 Å². The third-order valence-electron chi connectivity index (χ3n) is 1.66. The highest BCUT2D eigenvalue weighted by Crippen LogP contribution is 2.02. The highest BCUT2D eigenvalue weighted by Gasteiger charge is 1.89. The van der Waals surface area contributed by atoms with E-state index in [9.17, 15) is 0 Å². The predicted octanol–water partition coefficient (Wildman–Crippen LogP) is 0.846. The highest BCUT2D eigenvalue weighted by molar-refractivity contribution is 5.37. The van der Waals surface area contributed by atoms with Crippen molar-refractivity contribution in [1.29, 1.82) is 0 Å². The Hall–Kier alpha value is -1.30. The highest BCUT2D eigenvalue weighted by atomic mass is 14.5. The minimum absolute atomic E-state index is 0.562. The van der Waals surface area contributed by atoms with Gasteiger partial charge in [-0.3, -0.25) is 0 Å². The summed E-state index contributed by atoms with van der Waals surface area (Å²) in [7, 11) is 0. The van der Waals surface area contributed by atoms with Gasteiger partial charge >= 0.3 is 0 Å². The maximum atomic E-state index is 5.51. The summed E-state index contributed by atoms with van der Waals surface area (Å²) in [5.74, 6) is 6.02. The maximum Gasteiger partial charge on any atom is 0.0248 e. The Labute approximate surface area is 78.9 Å². The number of rotatable bonds is 2. The lowest BCUT2D eigenvalue weighted by atomic mass is 10.1. The summed E-state index contributed by atoms with van der Waals surface area (Å²) in [6.45, 7) is 1.18. The first-order valence-electron chi connectivity index (χ1n) is 4.34. The molecule has 0 aliphatic heterocycles. The zero-order valence-corrected chi connectivity index (χ0v) is 7.59. The van der Waals surface area contributed by atoms with Crippen LogP contribution in [0.5, 0.6) is 0 Å². The van der Waals surface area contributed by atoms with Crippen molar-refractivity contribution in [1.82, 2.24) is 0 Å². The first-order chi connectivity index (χ1) is 6.36. The molecule has 0 amide bonds. The second kappa shape index (κ2) is 5.36. The van der Waals surface area contributed by atoms with Crippen molar-refractivity contribution in [3.63, 3.8) is 0 Å². The molecular weight excluding hydrogens is 160 g/mol. The molecule has 0 radical (unpaired) electrons. The van der Waals surface area contributed by atoms with Crippen LogP contribution in [0.1, 0.15) is 17.5 Å². The first-order valence-corrected chi connectivity index (χ1v) is 4.34. The summed E-state index contributed by atoms with van der Waals surface area (Å²) in [6, 6.07) is 7.94. The van der Waals surface area contributed by atoms with Crippen LogP contribution >= 0.6 is 0 Å². The fourth-order valence-corrected chi connectivity index (χ4v) is 1.01. The molecule has 0 aliphatic rings. The van der Waals surface area contributed by atoms with E-state index in [1.807, 2.05) is 24.3 Å². The van der Waals surface area contributed by atoms with E-state index in [2.05, 4.69) is 11.8 Å². The summed E-state index contributed by atoms with van der Waals surface area (Å²) in [5, 5.41) is 0. The van der Waals surface area contributed by atoms with Crippen molar-refractivity contribution in [3.05, 3.63) is 35.4 Å². The van der Waals surface area contributed by atoms with Gasteiger partial charge in [0.1, 0.15) is 0 Å². The van der Waals surface area contributed by atoms with E-state index in [0.717, 1.165) is 17.5 Å². The molecular formula is C11H14N2. The molecule has 4 N–H and O–H groups in total. The lowest BCUT2D eigenvalue weighted by Gasteiger charge is -1.95. The van der Waals surface area contributed by atoms with E-state index in [4.69, 9.17) is 11.5 Å². The molecule has 0 heterocycles. The average molecular weight is 174 g/mol. The largest absolute Gasteiger partial charge is 0.330 e. The van der Waals surface area contributed by atoms with Gasteiger partial charge in [0.15, 0.2) is 0 Å². The molecule has 0 spiro atoms. The van der Waals surface area contributed by atoms with Crippen molar-refractivity contribution in [3.8, 4) is 11.8 Å². The fourth-order valence-electron chi connectivity index (χ4n) is 1.01. The standard InChI is InChI=1S/C11H14N2/c12-7-2-1-4-10-5-3-6-11(8-10)9-13/h3,5-6,8H,2,7,9,12-13H2. The minimum Gasteiger partial charge on any atom is -0.330 e. The van der Waals surface area contributed by atoms with Crippen molar-refractivity contribution in [2.75, 3.05) is 6.54 Å². The van der Waals surface area contributed by atoms with Crippen LogP contribution in [0.4, 0.5) is 0 Å². The monoisotopic (exact) mass is 174 g/mol. The Morgan fingerprint density at radius 2 is 2.08 bits per heavy atom. The predicted molar refractivity (Wildman–Crippen MR) is 54.9 cm³/mol. The van der Waals surface area contributed by atoms with Crippen molar-refractivity contribution in [2.24, 2.45) is 11.5 Å². The van der Waals surface area contributed by atoms with E-state index in [-0.39, 0.29) is 0 Å². The lowest BCUT2D eigenvalue weighted by molar-refractivity contribution is 1.03. The molecule has 2 nitrogen and oxygen atoms in total. The quantitative estimate of drug-likeness (QED) is 0.653. The van der Waals surface area contributed by atoms with E-state index in [1.54, 1.807) is 0 Å². The molecule has 0 saturated carbocycles. The molecule has 0 atom stereocenters. The number of nitrogens with two attached hydrogens (primary N) is 2. The van der Waals surface area contributed by atoms with Gasteiger partial charge in [-0.1, -0.05) is 24.0 Å². The lowest BCUT2D eigenvalue weighted by Crippen LogP contribution is -1.96. The summed E-state index contributed by atoms with van der Waals surface area (Å²) >= 11 is 0. The topological polar surface area (TPSA) is 52.0 Å². The van der Waals surface area contributed by atoms with Crippen LogP contribution in [0, 0.1) is 11.8 Å². The first kappa shape index (κ1) is 9.79. The Bertz CT molecular complexity index is 320. The van der Waals surface area contributed by atoms with Gasteiger partial charge in [-0.25, -0.2) is 0 Å². The summed E-state index contributed by atoms with van der Waals surface area (Å²) in [5.41, 5.74) is 13.0. The van der Waals surface area contributed by atoms with E-state index >= 15 is 0 Å². The SMILES string of the molecule is NCCC#Cc1cccc(CN)c1. The van der Waals surface area contributed by atoms with Gasteiger partial charge in [0, 0.05) is 25.1 Å². The van der Waals surface area contributed by atoms with Crippen LogP contribution in [-0.4, -0.2) is 6.54 Å². The Morgan fingerprint density at radius 3 is 2.77 bits per heavy atom. The fraction of sp³-hybridized carbons (Fsp3) is 0.273. The normalized spacial score (nSPS) is 9.08. The number of hydrogen-bond donors (Lipinski definition) is 2. The van der Waals surface area contributed by atoms with Crippen LogP contribution in [0.3, 0.4) is 0 Å². The molecule has 68 valence electrons. The molecule has 1 aromatic carbocycles. The summed E-state index contributed by atoms with van der Waals surface area (Å²) in [6.07, 6.45) is 0.743. The number of benzene rings is 1. The maximum absolute atomic E-state index is 5.51. The van der Waals surface area contributed by atoms with E-state index in [0.29, 0.717) is 13.1 Å². The van der Waals surface area contributed by atoms with Crippen LogP contribution in [0.25, 0.3) is 0 Å². The van der Waals surface area contributed by atoms with Crippen molar-refractivity contribution in [2.45, 2.75) is 13.0 Å². The van der Waals surface area contributed by atoms with Gasteiger partial charge in [-0.2, -0.15) is 0 Å². The van der Waals surface area contributed by atoms with Gasteiger partial charge in [0.05, 0.1) is 0 Å². The van der Waals surface area contributed by atoms with Gasteiger partial charge < -0.3 is 11.5 Å². The molecule has 0 aromatic heterocycles. The zero-order chi connectivity index (χ0) is 9.52.